The summed E-state index contributed by atoms with van der Waals surface area (Å²) >= 11 is 0. The highest BCUT2D eigenvalue weighted by molar-refractivity contribution is 5.97. The first-order valence-corrected chi connectivity index (χ1v) is 6.05. The van der Waals surface area contributed by atoms with E-state index >= 15 is 0 Å². The molecule has 0 saturated heterocycles. The third-order valence-corrected chi connectivity index (χ3v) is 2.47. The van der Waals surface area contributed by atoms with Gasteiger partial charge in [0.2, 0.25) is 5.91 Å². The van der Waals surface area contributed by atoms with E-state index in [9.17, 15) is 9.59 Å². The van der Waals surface area contributed by atoms with E-state index in [0.717, 1.165) is 5.56 Å². The highest BCUT2D eigenvalue weighted by Gasteiger charge is 2.09. The molecule has 0 fully saturated rings. The normalized spacial score (nSPS) is 9.94. The smallest absolute Gasteiger partial charge is 0.223 e. The van der Waals surface area contributed by atoms with Gasteiger partial charge in [-0.2, -0.15) is 0 Å². The number of benzene rings is 1. The maximum atomic E-state index is 11.5. The Labute approximate surface area is 107 Å². The molecule has 4 heteroatoms. The molecule has 0 heterocycles. The number of carbonyl (C=O) groups is 2. The van der Waals surface area contributed by atoms with Crippen LogP contribution in [0.3, 0.4) is 0 Å². The number of ketones is 1. The summed E-state index contributed by atoms with van der Waals surface area (Å²) in [4.78, 5) is 22.7. The highest BCUT2D eigenvalue weighted by Crippen LogP contribution is 2.20. The number of Topliss-reactive ketones (excluding diaryl/α,β-unsaturated/α-hetero) is 1. The van der Waals surface area contributed by atoms with E-state index in [1.807, 2.05) is 19.9 Å². The van der Waals surface area contributed by atoms with Gasteiger partial charge in [0.05, 0.1) is 18.6 Å². The first-order valence-electron chi connectivity index (χ1n) is 6.05. The Morgan fingerprint density at radius 1 is 1.33 bits per heavy atom. The van der Waals surface area contributed by atoms with Gasteiger partial charge in [0, 0.05) is 6.54 Å². The number of aryl methyl sites for hydroxylation is 1. The lowest BCUT2D eigenvalue weighted by Gasteiger charge is -2.10. The van der Waals surface area contributed by atoms with Gasteiger partial charge < -0.3 is 10.1 Å². The number of rotatable bonds is 6. The molecule has 18 heavy (non-hydrogen) atoms. The topological polar surface area (TPSA) is 55.4 Å². The Balaban J connectivity index is 2.62. The molecule has 1 N–H and O–H groups in total. The zero-order valence-corrected chi connectivity index (χ0v) is 11.1. The molecule has 98 valence electrons. The number of hydrogen-bond donors (Lipinski definition) is 1. The van der Waals surface area contributed by atoms with Crippen LogP contribution < -0.4 is 10.1 Å². The molecular formula is C14H19NO3. The molecule has 0 unspecified atom stereocenters. The summed E-state index contributed by atoms with van der Waals surface area (Å²) in [6.45, 7) is 6.18. The van der Waals surface area contributed by atoms with Crippen molar-refractivity contribution in [2.75, 3.05) is 13.2 Å². The minimum absolute atomic E-state index is 0.0355. The van der Waals surface area contributed by atoms with Crippen molar-refractivity contribution in [3.05, 3.63) is 29.3 Å². The Kier molecular flexibility index (Phi) is 5.36. The Hall–Kier alpha value is -1.84. The van der Waals surface area contributed by atoms with Gasteiger partial charge in [0.25, 0.3) is 0 Å². The summed E-state index contributed by atoms with van der Waals surface area (Å²) in [5.41, 5.74) is 1.57. The van der Waals surface area contributed by atoms with Gasteiger partial charge in [-0.3, -0.25) is 9.59 Å². The van der Waals surface area contributed by atoms with E-state index in [0.29, 0.717) is 24.3 Å². The van der Waals surface area contributed by atoms with Crippen molar-refractivity contribution in [3.8, 4) is 5.75 Å². The van der Waals surface area contributed by atoms with Crippen LogP contribution in [-0.2, 0) is 4.79 Å². The number of hydrogen-bond acceptors (Lipinski definition) is 3. The van der Waals surface area contributed by atoms with E-state index in [-0.39, 0.29) is 18.3 Å². The second-order valence-electron chi connectivity index (χ2n) is 4.11. The van der Waals surface area contributed by atoms with Gasteiger partial charge >= 0.3 is 0 Å². The van der Waals surface area contributed by atoms with Crippen molar-refractivity contribution in [1.29, 1.82) is 0 Å². The molecule has 1 rings (SSSR count). The Bertz CT molecular complexity index is 441. The standard InChI is InChI=1S/C14H19NO3/c1-4-15-14(17)7-8-18-13-6-5-10(2)9-12(13)11(3)16/h5-6,9H,4,7-8H2,1-3H3,(H,15,17). The summed E-state index contributed by atoms with van der Waals surface area (Å²) in [5.74, 6) is 0.457. The predicted octanol–water partition coefficient (Wildman–Crippen LogP) is 2.10. The molecular weight excluding hydrogens is 230 g/mol. The molecule has 0 saturated carbocycles. The maximum Gasteiger partial charge on any atom is 0.223 e. The molecule has 0 aromatic heterocycles. The van der Waals surface area contributed by atoms with Crippen molar-refractivity contribution in [3.63, 3.8) is 0 Å². The third-order valence-electron chi connectivity index (χ3n) is 2.47. The van der Waals surface area contributed by atoms with E-state index in [4.69, 9.17) is 4.74 Å². The van der Waals surface area contributed by atoms with Crippen LogP contribution in [0.4, 0.5) is 0 Å². The third kappa shape index (κ3) is 4.20. The van der Waals surface area contributed by atoms with Crippen LogP contribution in [0, 0.1) is 6.92 Å². The fraction of sp³-hybridized carbons (Fsp3) is 0.429. The molecule has 0 bridgehead atoms. The molecule has 0 aliphatic rings. The molecule has 1 amide bonds. The van der Waals surface area contributed by atoms with Crippen LogP contribution in [0.2, 0.25) is 0 Å². The maximum absolute atomic E-state index is 11.5. The summed E-state index contributed by atoms with van der Waals surface area (Å²) in [7, 11) is 0. The molecule has 0 aliphatic heterocycles. The molecule has 0 atom stereocenters. The van der Waals surface area contributed by atoms with Gasteiger partial charge in [-0.1, -0.05) is 11.6 Å². The van der Waals surface area contributed by atoms with Crippen molar-refractivity contribution in [2.24, 2.45) is 0 Å². The van der Waals surface area contributed by atoms with Gasteiger partial charge in [0.1, 0.15) is 5.75 Å². The van der Waals surface area contributed by atoms with E-state index in [1.54, 1.807) is 12.1 Å². The van der Waals surface area contributed by atoms with Crippen molar-refractivity contribution < 1.29 is 14.3 Å². The van der Waals surface area contributed by atoms with Crippen molar-refractivity contribution >= 4 is 11.7 Å². The molecule has 0 spiro atoms. The highest BCUT2D eigenvalue weighted by atomic mass is 16.5. The van der Waals surface area contributed by atoms with Crippen LogP contribution in [0.5, 0.6) is 5.75 Å². The monoisotopic (exact) mass is 249 g/mol. The van der Waals surface area contributed by atoms with Crippen molar-refractivity contribution in [2.45, 2.75) is 27.2 Å². The number of carbonyl (C=O) groups excluding carboxylic acids is 2. The summed E-state index contributed by atoms with van der Waals surface area (Å²) in [5, 5.41) is 2.69. The van der Waals surface area contributed by atoms with Crippen LogP contribution in [0.25, 0.3) is 0 Å². The number of amides is 1. The SMILES string of the molecule is CCNC(=O)CCOc1ccc(C)cc1C(C)=O. The van der Waals surface area contributed by atoms with Crippen LogP contribution >= 0.6 is 0 Å². The van der Waals surface area contributed by atoms with Gasteiger partial charge in [0.15, 0.2) is 5.78 Å². The lowest BCUT2D eigenvalue weighted by atomic mass is 10.1. The molecule has 0 radical (unpaired) electrons. The second-order valence-corrected chi connectivity index (χ2v) is 4.11. The first-order chi connectivity index (χ1) is 8.54. The molecule has 4 nitrogen and oxygen atoms in total. The summed E-state index contributed by atoms with van der Waals surface area (Å²) in [6.07, 6.45) is 0.291. The minimum atomic E-state index is -0.0472. The Morgan fingerprint density at radius 2 is 2.06 bits per heavy atom. The summed E-state index contributed by atoms with van der Waals surface area (Å²) < 4.78 is 5.49. The van der Waals surface area contributed by atoms with E-state index in [2.05, 4.69) is 5.32 Å². The van der Waals surface area contributed by atoms with E-state index < -0.39 is 0 Å². The molecule has 0 aliphatic carbocycles. The van der Waals surface area contributed by atoms with Gasteiger partial charge in [-0.05, 0) is 32.9 Å². The molecule has 1 aromatic carbocycles. The zero-order chi connectivity index (χ0) is 13.5. The lowest BCUT2D eigenvalue weighted by molar-refractivity contribution is -0.121. The predicted molar refractivity (Wildman–Crippen MR) is 70.0 cm³/mol. The average molecular weight is 249 g/mol. The lowest BCUT2D eigenvalue weighted by Crippen LogP contribution is -2.24. The second kappa shape index (κ2) is 6.79. The Morgan fingerprint density at radius 3 is 2.67 bits per heavy atom. The van der Waals surface area contributed by atoms with E-state index in [1.165, 1.54) is 6.92 Å². The molecule has 1 aromatic rings. The average Bonchev–Trinajstić information content (AvgIpc) is 2.31. The number of nitrogens with one attached hydrogen (secondary N) is 1. The van der Waals surface area contributed by atoms with Crippen molar-refractivity contribution in [1.82, 2.24) is 5.32 Å². The number of ether oxygens (including phenoxy) is 1. The van der Waals surface area contributed by atoms with Crippen LogP contribution in [0.15, 0.2) is 18.2 Å². The largest absolute Gasteiger partial charge is 0.492 e. The zero-order valence-electron chi connectivity index (χ0n) is 11.1. The fourth-order valence-corrected chi connectivity index (χ4v) is 1.58. The summed E-state index contributed by atoms with van der Waals surface area (Å²) in [6, 6.07) is 5.45. The minimum Gasteiger partial charge on any atom is -0.492 e. The first kappa shape index (κ1) is 14.2. The van der Waals surface area contributed by atoms with Gasteiger partial charge in [-0.15, -0.1) is 0 Å². The van der Waals surface area contributed by atoms with Crippen LogP contribution in [0.1, 0.15) is 36.2 Å². The van der Waals surface area contributed by atoms with Gasteiger partial charge in [-0.25, -0.2) is 0 Å². The fourth-order valence-electron chi connectivity index (χ4n) is 1.58. The van der Waals surface area contributed by atoms with Crippen LogP contribution in [-0.4, -0.2) is 24.8 Å². The quantitative estimate of drug-likeness (QED) is 0.785.